The molecule has 2 saturated carbocycles. The molecule has 10 nitrogen and oxygen atoms in total. The van der Waals surface area contributed by atoms with E-state index in [1.807, 2.05) is 6.07 Å². The Morgan fingerprint density at radius 1 is 1.28 bits per heavy atom. The van der Waals surface area contributed by atoms with Crippen molar-refractivity contribution in [1.29, 1.82) is 5.26 Å². The Labute approximate surface area is 203 Å². The minimum atomic E-state index is -0.912. The molecule has 4 atom stereocenters. The molecule has 0 aromatic carbocycles. The van der Waals surface area contributed by atoms with Gasteiger partial charge in [-0.1, -0.05) is 0 Å². The monoisotopic (exact) mass is 490 g/mol. The number of hydrogen-bond donors (Lipinski definition) is 3. The van der Waals surface area contributed by atoms with Gasteiger partial charge in [-0.3, -0.25) is 9.48 Å². The number of carboxylic acids is 1. The van der Waals surface area contributed by atoms with Crippen molar-refractivity contribution in [2.45, 2.75) is 31.8 Å². The molecule has 0 aliphatic heterocycles. The quantitative estimate of drug-likeness (QED) is 0.372. The Morgan fingerprint density at radius 3 is 2.92 bits per heavy atom. The zero-order valence-corrected chi connectivity index (χ0v) is 18.8. The molecule has 2 aliphatic rings. The van der Waals surface area contributed by atoms with Crippen LogP contribution in [-0.2, 0) is 11.3 Å². The number of aliphatic carboxylic acids is 1. The SMILES string of the molecule is N#CCn1cc(-c2nc(-c3c[nH]c4ncc(F)cc34)nc(NC3C4CCC(C4)C3C(=O)O)c2F)cn1. The molecular formula is C24H20F2N8O2. The molecule has 4 aromatic rings. The molecule has 12 heteroatoms. The number of fused-ring (bicyclic) bond motifs is 3. The number of nitrogens with zero attached hydrogens (tertiary/aromatic N) is 6. The summed E-state index contributed by atoms with van der Waals surface area (Å²) in [6, 6.07) is 2.78. The highest BCUT2D eigenvalue weighted by atomic mass is 19.1. The van der Waals surface area contributed by atoms with Crippen LogP contribution in [0.5, 0.6) is 0 Å². The molecule has 0 saturated heterocycles. The van der Waals surface area contributed by atoms with E-state index in [0.29, 0.717) is 22.2 Å². The molecule has 2 fully saturated rings. The summed E-state index contributed by atoms with van der Waals surface area (Å²) in [5.41, 5.74) is 1.08. The van der Waals surface area contributed by atoms with Crippen LogP contribution in [0.25, 0.3) is 33.7 Å². The fourth-order valence-electron chi connectivity index (χ4n) is 5.67. The molecule has 36 heavy (non-hydrogen) atoms. The van der Waals surface area contributed by atoms with Gasteiger partial charge in [-0.25, -0.2) is 23.7 Å². The van der Waals surface area contributed by atoms with Crippen molar-refractivity contribution < 1.29 is 18.7 Å². The molecular weight excluding hydrogens is 470 g/mol. The number of aromatic nitrogens is 6. The van der Waals surface area contributed by atoms with E-state index in [0.717, 1.165) is 25.5 Å². The van der Waals surface area contributed by atoms with Crippen molar-refractivity contribution in [3.8, 4) is 28.7 Å². The van der Waals surface area contributed by atoms with Gasteiger partial charge >= 0.3 is 5.97 Å². The smallest absolute Gasteiger partial charge is 0.308 e. The number of H-pyrrole nitrogens is 1. The second kappa shape index (κ2) is 8.37. The number of halogens is 2. The van der Waals surface area contributed by atoms with E-state index in [1.165, 1.54) is 23.1 Å². The number of nitrogens with one attached hydrogen (secondary N) is 2. The number of nitriles is 1. The van der Waals surface area contributed by atoms with Gasteiger partial charge in [-0.05, 0) is 37.2 Å². The lowest BCUT2D eigenvalue weighted by Gasteiger charge is -2.29. The first-order valence-electron chi connectivity index (χ1n) is 11.5. The van der Waals surface area contributed by atoms with Gasteiger partial charge in [-0.2, -0.15) is 10.4 Å². The summed E-state index contributed by atoms with van der Waals surface area (Å²) in [6.07, 6.45) is 8.02. The van der Waals surface area contributed by atoms with Gasteiger partial charge in [0, 0.05) is 34.9 Å². The Kier molecular flexibility index (Phi) is 5.13. The van der Waals surface area contributed by atoms with Crippen LogP contribution in [0, 0.1) is 40.7 Å². The van der Waals surface area contributed by atoms with Crippen molar-refractivity contribution in [1.82, 2.24) is 29.7 Å². The lowest BCUT2D eigenvalue weighted by Crippen LogP contribution is -2.39. The molecule has 4 aromatic heterocycles. The number of anilines is 1. The first-order chi connectivity index (χ1) is 17.4. The molecule has 6 rings (SSSR count). The Bertz CT molecular complexity index is 1540. The average molecular weight is 490 g/mol. The molecule has 0 amide bonds. The minimum Gasteiger partial charge on any atom is -0.481 e. The normalized spacial score (nSPS) is 22.7. The Balaban J connectivity index is 1.49. The maximum Gasteiger partial charge on any atom is 0.308 e. The second-order valence-corrected chi connectivity index (χ2v) is 9.26. The maximum atomic E-state index is 15.9. The van der Waals surface area contributed by atoms with E-state index in [9.17, 15) is 14.3 Å². The van der Waals surface area contributed by atoms with E-state index in [1.54, 1.807) is 6.20 Å². The Hall–Kier alpha value is -4.40. The fourth-order valence-corrected chi connectivity index (χ4v) is 5.67. The van der Waals surface area contributed by atoms with E-state index in [2.05, 4.69) is 30.4 Å². The summed E-state index contributed by atoms with van der Waals surface area (Å²) in [4.78, 5) is 27.8. The van der Waals surface area contributed by atoms with Crippen LogP contribution in [-0.4, -0.2) is 46.8 Å². The molecule has 2 aliphatic carbocycles. The third kappa shape index (κ3) is 3.55. The summed E-state index contributed by atoms with van der Waals surface area (Å²) in [6.45, 7) is -0.0243. The van der Waals surface area contributed by atoms with Crippen molar-refractivity contribution in [3.63, 3.8) is 0 Å². The summed E-state index contributed by atoms with van der Waals surface area (Å²) in [7, 11) is 0. The van der Waals surface area contributed by atoms with Gasteiger partial charge in [0.25, 0.3) is 0 Å². The van der Waals surface area contributed by atoms with Crippen LogP contribution in [0.15, 0.2) is 30.9 Å². The van der Waals surface area contributed by atoms with Gasteiger partial charge in [0.2, 0.25) is 0 Å². The van der Waals surface area contributed by atoms with Crippen molar-refractivity contribution in [2.24, 2.45) is 17.8 Å². The summed E-state index contributed by atoms with van der Waals surface area (Å²) in [5.74, 6) is -2.75. The minimum absolute atomic E-state index is 0.0243. The van der Waals surface area contributed by atoms with Gasteiger partial charge in [0.15, 0.2) is 17.5 Å². The molecule has 2 bridgehead atoms. The van der Waals surface area contributed by atoms with Crippen LogP contribution in [0.1, 0.15) is 19.3 Å². The topological polar surface area (TPSA) is 145 Å². The predicted molar refractivity (Wildman–Crippen MR) is 123 cm³/mol. The van der Waals surface area contributed by atoms with Crippen molar-refractivity contribution >= 4 is 22.8 Å². The summed E-state index contributed by atoms with van der Waals surface area (Å²) in [5, 5.41) is 26.4. The van der Waals surface area contributed by atoms with Gasteiger partial charge < -0.3 is 15.4 Å². The lowest BCUT2D eigenvalue weighted by atomic mass is 9.84. The predicted octanol–water partition coefficient (Wildman–Crippen LogP) is 3.60. The highest BCUT2D eigenvalue weighted by Crippen LogP contribution is 2.50. The number of rotatable bonds is 6. The van der Waals surface area contributed by atoms with Crippen LogP contribution < -0.4 is 5.32 Å². The van der Waals surface area contributed by atoms with Gasteiger partial charge in [0.1, 0.15) is 23.7 Å². The molecule has 4 heterocycles. The molecule has 4 unspecified atom stereocenters. The van der Waals surface area contributed by atoms with Crippen LogP contribution in [0.4, 0.5) is 14.6 Å². The summed E-state index contributed by atoms with van der Waals surface area (Å²) < 4.78 is 31.2. The third-order valence-electron chi connectivity index (χ3n) is 7.23. The van der Waals surface area contributed by atoms with E-state index >= 15 is 4.39 Å². The van der Waals surface area contributed by atoms with E-state index in [-0.39, 0.29) is 35.7 Å². The highest BCUT2D eigenvalue weighted by molar-refractivity contribution is 5.92. The molecule has 3 N–H and O–H groups in total. The lowest BCUT2D eigenvalue weighted by molar-refractivity contribution is -0.143. The van der Waals surface area contributed by atoms with E-state index < -0.39 is 29.6 Å². The van der Waals surface area contributed by atoms with Crippen molar-refractivity contribution in [2.75, 3.05) is 5.32 Å². The number of carboxylic acid groups (broad SMARTS) is 1. The van der Waals surface area contributed by atoms with Crippen LogP contribution in [0.3, 0.4) is 0 Å². The number of carbonyl (C=O) groups is 1. The van der Waals surface area contributed by atoms with E-state index in [4.69, 9.17) is 5.26 Å². The number of aromatic amines is 1. The highest BCUT2D eigenvalue weighted by Gasteiger charge is 2.51. The summed E-state index contributed by atoms with van der Waals surface area (Å²) >= 11 is 0. The molecule has 0 spiro atoms. The average Bonchev–Trinajstić information content (AvgIpc) is 3.64. The standard InChI is InChI=1S/C24H20F2N8O2/c25-14-6-15-16(9-29-21(15)28-8-14)22-32-20(13-7-30-34(10-13)4-3-27)18(26)23(33-22)31-19-12-2-1-11(5-12)17(19)24(35)36/h6-12,17,19H,1-2,4-5H2,(H,28,29)(H,35,36)(H,31,32,33). The Morgan fingerprint density at radius 2 is 2.11 bits per heavy atom. The molecule has 0 radical (unpaired) electrons. The third-order valence-corrected chi connectivity index (χ3v) is 7.23. The van der Waals surface area contributed by atoms with Gasteiger partial charge in [-0.15, -0.1) is 0 Å². The van der Waals surface area contributed by atoms with Crippen molar-refractivity contribution in [3.05, 3.63) is 42.5 Å². The van der Waals surface area contributed by atoms with Crippen LogP contribution in [0.2, 0.25) is 0 Å². The largest absolute Gasteiger partial charge is 0.481 e. The zero-order chi connectivity index (χ0) is 25.0. The first-order valence-corrected chi connectivity index (χ1v) is 11.5. The second-order valence-electron chi connectivity index (χ2n) is 9.26. The molecule has 182 valence electrons. The first kappa shape index (κ1) is 22.1. The van der Waals surface area contributed by atoms with Crippen LogP contribution >= 0.6 is 0 Å². The zero-order valence-electron chi connectivity index (χ0n) is 18.8. The number of pyridine rings is 1. The maximum absolute atomic E-state index is 15.9. The number of hydrogen-bond acceptors (Lipinski definition) is 7. The fraction of sp³-hybridized carbons (Fsp3) is 0.333. The van der Waals surface area contributed by atoms with Gasteiger partial charge in [0.05, 0.1) is 24.4 Å².